The first-order valence-corrected chi connectivity index (χ1v) is 10.6. The maximum Gasteiger partial charge on any atom is 0.239 e. The van der Waals surface area contributed by atoms with E-state index < -0.39 is 0 Å². The van der Waals surface area contributed by atoms with Crippen LogP contribution in [0.15, 0.2) is 59.1 Å². The van der Waals surface area contributed by atoms with E-state index in [1.807, 2.05) is 53.4 Å². The van der Waals surface area contributed by atoms with Crippen LogP contribution >= 0.6 is 0 Å². The van der Waals surface area contributed by atoms with Crippen LogP contribution in [-0.4, -0.2) is 43.5 Å². The number of ether oxygens (including phenoxy) is 1. The Morgan fingerprint density at radius 3 is 2.69 bits per heavy atom. The van der Waals surface area contributed by atoms with Gasteiger partial charge in [-0.15, -0.1) is 0 Å². The summed E-state index contributed by atoms with van der Waals surface area (Å²) in [7, 11) is 1.62. The molecular formula is C24H26N4O4. The van der Waals surface area contributed by atoms with Gasteiger partial charge in [-0.1, -0.05) is 12.1 Å². The van der Waals surface area contributed by atoms with Crippen molar-refractivity contribution in [2.45, 2.75) is 19.4 Å². The Hall–Kier alpha value is -3.81. The number of carbonyl (C=O) groups excluding carboxylic acids is 2. The number of hydrogen-bond acceptors (Lipinski definition) is 6. The van der Waals surface area contributed by atoms with Crippen molar-refractivity contribution in [2.24, 2.45) is 0 Å². The summed E-state index contributed by atoms with van der Waals surface area (Å²) in [5.74, 6) is 1.94. The van der Waals surface area contributed by atoms with E-state index in [0.29, 0.717) is 44.1 Å². The number of carbonyl (C=O) groups is 2. The quantitative estimate of drug-likeness (QED) is 0.566. The first-order chi connectivity index (χ1) is 15.6. The topological polar surface area (TPSA) is 96.7 Å². The summed E-state index contributed by atoms with van der Waals surface area (Å²) < 4.78 is 10.9. The van der Waals surface area contributed by atoms with Gasteiger partial charge >= 0.3 is 0 Å². The molecule has 1 fully saturated rings. The molecule has 0 atom stereocenters. The summed E-state index contributed by atoms with van der Waals surface area (Å²) in [6, 6.07) is 15.4. The molecule has 166 valence electrons. The van der Waals surface area contributed by atoms with Gasteiger partial charge in [0.05, 0.1) is 19.9 Å². The SMILES string of the molecule is COc1ccc(-c2cnc(CCC(=O)NCc3ccc(N4CCNC(=O)C4)cc3)o2)cc1. The Kier molecular flexibility index (Phi) is 6.69. The molecule has 1 saturated heterocycles. The third-order valence-electron chi connectivity index (χ3n) is 5.32. The van der Waals surface area contributed by atoms with Crippen molar-refractivity contribution in [1.29, 1.82) is 0 Å². The number of anilines is 1. The minimum absolute atomic E-state index is 0.0368. The molecule has 2 aromatic carbocycles. The van der Waals surface area contributed by atoms with Crippen LogP contribution in [0.3, 0.4) is 0 Å². The van der Waals surface area contributed by atoms with Gasteiger partial charge in [-0.3, -0.25) is 9.59 Å². The number of nitrogens with zero attached hydrogens (tertiary/aromatic N) is 2. The summed E-state index contributed by atoms with van der Waals surface area (Å²) in [5, 5.41) is 5.75. The second kappa shape index (κ2) is 10.00. The van der Waals surface area contributed by atoms with Crippen LogP contribution in [0.2, 0.25) is 0 Å². The van der Waals surface area contributed by atoms with E-state index >= 15 is 0 Å². The molecule has 1 aliphatic heterocycles. The molecule has 2 N–H and O–H groups in total. The average Bonchev–Trinajstić information content (AvgIpc) is 3.31. The van der Waals surface area contributed by atoms with Crippen LogP contribution in [0.25, 0.3) is 11.3 Å². The van der Waals surface area contributed by atoms with E-state index in [9.17, 15) is 9.59 Å². The standard InChI is InChI=1S/C24H26N4O4/c1-31-20-8-4-18(5-9-20)21-15-27-24(32-21)11-10-22(29)26-14-17-2-6-19(7-3-17)28-13-12-25-23(30)16-28/h2-9,15H,10-14,16H2,1H3,(H,25,30)(H,26,29). The number of aryl methyl sites for hydroxylation is 1. The van der Waals surface area contributed by atoms with E-state index in [1.165, 1.54) is 0 Å². The van der Waals surface area contributed by atoms with Crippen LogP contribution in [0.1, 0.15) is 17.9 Å². The molecule has 0 bridgehead atoms. The van der Waals surface area contributed by atoms with E-state index in [2.05, 4.69) is 15.6 Å². The maximum atomic E-state index is 12.2. The van der Waals surface area contributed by atoms with Crippen molar-refractivity contribution >= 4 is 17.5 Å². The smallest absolute Gasteiger partial charge is 0.239 e. The van der Waals surface area contributed by atoms with E-state index in [0.717, 1.165) is 29.1 Å². The van der Waals surface area contributed by atoms with Crippen LogP contribution in [0.4, 0.5) is 5.69 Å². The minimum Gasteiger partial charge on any atom is -0.497 e. The second-order valence-corrected chi connectivity index (χ2v) is 7.56. The zero-order valence-electron chi connectivity index (χ0n) is 18.0. The van der Waals surface area contributed by atoms with Gasteiger partial charge in [0.1, 0.15) is 5.75 Å². The van der Waals surface area contributed by atoms with Crippen molar-refractivity contribution in [3.8, 4) is 17.1 Å². The number of nitrogens with one attached hydrogen (secondary N) is 2. The zero-order valence-corrected chi connectivity index (χ0v) is 18.0. The normalized spacial score (nSPS) is 13.5. The van der Waals surface area contributed by atoms with E-state index in [4.69, 9.17) is 9.15 Å². The average molecular weight is 434 g/mol. The molecule has 0 aliphatic carbocycles. The highest BCUT2D eigenvalue weighted by Crippen LogP contribution is 2.23. The zero-order chi connectivity index (χ0) is 22.3. The highest BCUT2D eigenvalue weighted by atomic mass is 16.5. The van der Waals surface area contributed by atoms with Crippen molar-refractivity contribution < 1.29 is 18.7 Å². The van der Waals surface area contributed by atoms with Gasteiger partial charge in [0.2, 0.25) is 11.8 Å². The highest BCUT2D eigenvalue weighted by Gasteiger charge is 2.16. The molecule has 1 aromatic heterocycles. The molecule has 0 spiro atoms. The fourth-order valence-corrected chi connectivity index (χ4v) is 3.51. The number of rotatable bonds is 8. The number of benzene rings is 2. The summed E-state index contributed by atoms with van der Waals surface area (Å²) in [4.78, 5) is 30.1. The largest absolute Gasteiger partial charge is 0.497 e. The first-order valence-electron chi connectivity index (χ1n) is 10.6. The molecule has 1 aliphatic rings. The summed E-state index contributed by atoms with van der Waals surface area (Å²) >= 11 is 0. The summed E-state index contributed by atoms with van der Waals surface area (Å²) in [6.07, 6.45) is 2.39. The Balaban J connectivity index is 1.23. The lowest BCUT2D eigenvalue weighted by atomic mass is 10.1. The van der Waals surface area contributed by atoms with Crippen LogP contribution in [-0.2, 0) is 22.6 Å². The van der Waals surface area contributed by atoms with Gasteiger partial charge in [-0.25, -0.2) is 4.98 Å². The van der Waals surface area contributed by atoms with Crippen molar-refractivity contribution in [3.63, 3.8) is 0 Å². The second-order valence-electron chi connectivity index (χ2n) is 7.56. The van der Waals surface area contributed by atoms with Crippen LogP contribution in [0.5, 0.6) is 5.75 Å². The predicted octanol–water partition coefficient (Wildman–Crippen LogP) is 2.54. The Labute approximate surface area is 186 Å². The third-order valence-corrected chi connectivity index (χ3v) is 5.32. The Morgan fingerprint density at radius 1 is 1.19 bits per heavy atom. The van der Waals surface area contributed by atoms with Gasteiger partial charge in [0.25, 0.3) is 0 Å². The van der Waals surface area contributed by atoms with Gasteiger partial charge in [-0.2, -0.15) is 0 Å². The van der Waals surface area contributed by atoms with Crippen molar-refractivity contribution in [1.82, 2.24) is 15.6 Å². The number of methoxy groups -OCH3 is 1. The van der Waals surface area contributed by atoms with Crippen LogP contribution < -0.4 is 20.3 Å². The highest BCUT2D eigenvalue weighted by molar-refractivity contribution is 5.82. The van der Waals surface area contributed by atoms with Crippen LogP contribution in [0, 0.1) is 0 Å². The number of hydrogen-bond donors (Lipinski definition) is 2. The Bertz CT molecular complexity index is 1060. The molecule has 4 rings (SSSR count). The van der Waals surface area contributed by atoms with E-state index in [-0.39, 0.29) is 11.8 Å². The predicted molar refractivity (Wildman–Crippen MR) is 120 cm³/mol. The van der Waals surface area contributed by atoms with E-state index in [1.54, 1.807) is 13.3 Å². The molecule has 0 unspecified atom stereocenters. The number of oxazole rings is 1. The molecule has 8 nitrogen and oxygen atoms in total. The molecule has 0 radical (unpaired) electrons. The third kappa shape index (κ3) is 5.46. The number of aromatic nitrogens is 1. The van der Waals surface area contributed by atoms with Crippen molar-refractivity contribution in [2.75, 3.05) is 31.6 Å². The maximum absolute atomic E-state index is 12.2. The molecule has 8 heteroatoms. The molecule has 3 aromatic rings. The molecule has 0 saturated carbocycles. The van der Waals surface area contributed by atoms with Crippen molar-refractivity contribution in [3.05, 3.63) is 66.2 Å². The van der Waals surface area contributed by atoms with Gasteiger partial charge < -0.3 is 24.7 Å². The number of piperazine rings is 1. The minimum atomic E-state index is -0.0639. The molecule has 32 heavy (non-hydrogen) atoms. The first kappa shape index (κ1) is 21.4. The number of amides is 2. The monoisotopic (exact) mass is 434 g/mol. The molecule has 2 heterocycles. The lowest BCUT2D eigenvalue weighted by molar-refractivity contribution is -0.121. The Morgan fingerprint density at radius 2 is 1.97 bits per heavy atom. The summed E-state index contributed by atoms with van der Waals surface area (Å²) in [5.41, 5.74) is 2.91. The van der Waals surface area contributed by atoms with Gasteiger partial charge in [0.15, 0.2) is 11.7 Å². The van der Waals surface area contributed by atoms with Gasteiger partial charge in [-0.05, 0) is 42.0 Å². The van der Waals surface area contributed by atoms with Gasteiger partial charge in [0, 0.05) is 43.7 Å². The fraction of sp³-hybridized carbons (Fsp3) is 0.292. The summed E-state index contributed by atoms with van der Waals surface area (Å²) in [6.45, 7) is 2.27. The fourth-order valence-electron chi connectivity index (χ4n) is 3.51. The lowest BCUT2D eigenvalue weighted by Crippen LogP contribution is -2.47. The molecular weight excluding hydrogens is 408 g/mol. The molecule has 2 amide bonds. The lowest BCUT2D eigenvalue weighted by Gasteiger charge is -2.28.